The molecule has 5 nitrogen and oxygen atoms in total. The smallest absolute Gasteiger partial charge is 0.255 e. The van der Waals surface area contributed by atoms with Crippen molar-refractivity contribution in [2.45, 2.75) is 0 Å². The van der Waals surface area contributed by atoms with Crippen molar-refractivity contribution < 1.29 is 14.3 Å². The molecule has 0 aliphatic heterocycles. The van der Waals surface area contributed by atoms with Crippen LogP contribution in [-0.4, -0.2) is 26.0 Å². The van der Waals surface area contributed by atoms with Gasteiger partial charge in [0, 0.05) is 7.05 Å². The number of ether oxygens (including phenoxy) is 1. The van der Waals surface area contributed by atoms with E-state index in [1.165, 1.54) is 14.2 Å². The van der Waals surface area contributed by atoms with Crippen molar-refractivity contribution in [3.8, 4) is 5.75 Å². The van der Waals surface area contributed by atoms with Gasteiger partial charge in [-0.1, -0.05) is 24.3 Å². The molecule has 0 aliphatic carbocycles. The Morgan fingerprint density at radius 2 is 1.95 bits per heavy atom. The summed E-state index contributed by atoms with van der Waals surface area (Å²) >= 11 is 0. The number of fused-ring (bicyclic) bond motifs is 1. The van der Waals surface area contributed by atoms with E-state index in [4.69, 9.17) is 10.5 Å². The maximum Gasteiger partial charge on any atom is 0.255 e. The third-order valence-corrected chi connectivity index (χ3v) is 2.93. The van der Waals surface area contributed by atoms with E-state index in [0.29, 0.717) is 10.9 Å². The van der Waals surface area contributed by atoms with E-state index in [9.17, 15) is 9.59 Å². The van der Waals surface area contributed by atoms with E-state index >= 15 is 0 Å². The average molecular weight is 258 g/mol. The molecule has 0 heterocycles. The predicted molar refractivity (Wildman–Crippen MR) is 72.4 cm³/mol. The third-order valence-electron chi connectivity index (χ3n) is 2.93. The minimum Gasteiger partial charge on any atom is -0.495 e. The van der Waals surface area contributed by atoms with Gasteiger partial charge in [-0.05, 0) is 16.8 Å². The van der Waals surface area contributed by atoms with Crippen LogP contribution in [0.5, 0.6) is 5.75 Å². The summed E-state index contributed by atoms with van der Waals surface area (Å²) in [5.41, 5.74) is 5.85. The molecule has 2 aromatic rings. The van der Waals surface area contributed by atoms with E-state index < -0.39 is 5.91 Å². The molecule has 98 valence electrons. The number of nitrogens with two attached hydrogens (primary N) is 1. The molecular formula is C14H14N2O3. The summed E-state index contributed by atoms with van der Waals surface area (Å²) < 4.78 is 5.21. The lowest BCUT2D eigenvalue weighted by molar-refractivity contribution is 0.0962. The Balaban J connectivity index is 2.93. The molecule has 5 heteroatoms. The molecule has 0 aromatic heterocycles. The predicted octanol–water partition coefficient (Wildman–Crippen LogP) is 1.31. The number of nitrogens with one attached hydrogen (secondary N) is 1. The summed E-state index contributed by atoms with van der Waals surface area (Å²) in [5, 5.41) is 4.01. The molecule has 0 saturated heterocycles. The first-order valence-electron chi connectivity index (χ1n) is 5.71. The van der Waals surface area contributed by atoms with Gasteiger partial charge >= 0.3 is 0 Å². The average Bonchev–Trinajstić information content (AvgIpc) is 2.44. The molecule has 0 atom stereocenters. The summed E-state index contributed by atoms with van der Waals surface area (Å²) in [6, 6.07) is 8.88. The van der Waals surface area contributed by atoms with Gasteiger partial charge in [0.1, 0.15) is 5.75 Å². The Bertz CT molecular complexity index is 665. The number of methoxy groups -OCH3 is 1. The van der Waals surface area contributed by atoms with Crippen LogP contribution in [0.1, 0.15) is 20.7 Å². The minimum atomic E-state index is -0.632. The summed E-state index contributed by atoms with van der Waals surface area (Å²) in [5.74, 6) is -0.755. The molecule has 0 aliphatic rings. The first-order valence-corrected chi connectivity index (χ1v) is 5.71. The number of rotatable bonds is 3. The zero-order valence-electron chi connectivity index (χ0n) is 10.7. The molecule has 0 unspecified atom stereocenters. The zero-order valence-corrected chi connectivity index (χ0v) is 10.7. The molecule has 0 bridgehead atoms. The number of carbonyl (C=O) groups is 2. The fourth-order valence-corrected chi connectivity index (χ4v) is 2.07. The maximum atomic E-state index is 12.0. The van der Waals surface area contributed by atoms with Gasteiger partial charge in [0.05, 0.1) is 18.2 Å². The number of primary amides is 1. The SMILES string of the molecule is CNC(=O)c1c(OC)c(C(N)=O)cc2ccccc12. The molecule has 0 saturated carbocycles. The van der Waals surface area contributed by atoms with Crippen molar-refractivity contribution >= 4 is 22.6 Å². The third kappa shape index (κ3) is 2.10. The lowest BCUT2D eigenvalue weighted by atomic mass is 9.98. The van der Waals surface area contributed by atoms with Crippen LogP contribution in [0, 0.1) is 0 Å². The second-order valence-corrected chi connectivity index (χ2v) is 4.00. The second-order valence-electron chi connectivity index (χ2n) is 4.00. The molecule has 0 radical (unpaired) electrons. The van der Waals surface area contributed by atoms with Gasteiger partial charge < -0.3 is 15.8 Å². The lowest BCUT2D eigenvalue weighted by Gasteiger charge is -2.14. The highest BCUT2D eigenvalue weighted by atomic mass is 16.5. The van der Waals surface area contributed by atoms with Gasteiger partial charge in [-0.3, -0.25) is 9.59 Å². The number of hydrogen-bond donors (Lipinski definition) is 2. The summed E-state index contributed by atoms with van der Waals surface area (Å²) in [6.45, 7) is 0. The molecule has 2 aromatic carbocycles. The first kappa shape index (κ1) is 12.9. The molecule has 0 spiro atoms. The summed E-state index contributed by atoms with van der Waals surface area (Å²) in [6.07, 6.45) is 0. The van der Waals surface area contributed by atoms with E-state index in [-0.39, 0.29) is 17.2 Å². The molecule has 0 fully saturated rings. The van der Waals surface area contributed by atoms with Crippen molar-refractivity contribution in [2.75, 3.05) is 14.2 Å². The zero-order chi connectivity index (χ0) is 14.0. The Labute approximate surface area is 110 Å². The van der Waals surface area contributed by atoms with Crippen molar-refractivity contribution in [3.63, 3.8) is 0 Å². The van der Waals surface area contributed by atoms with Crippen molar-refractivity contribution in [3.05, 3.63) is 41.5 Å². The molecular weight excluding hydrogens is 244 g/mol. The highest BCUT2D eigenvalue weighted by Gasteiger charge is 2.21. The molecule has 2 rings (SSSR count). The van der Waals surface area contributed by atoms with E-state index in [2.05, 4.69) is 5.32 Å². The van der Waals surface area contributed by atoms with Gasteiger partial charge in [-0.15, -0.1) is 0 Å². The summed E-state index contributed by atoms with van der Waals surface area (Å²) in [4.78, 5) is 23.5. The highest BCUT2D eigenvalue weighted by molar-refractivity contribution is 6.13. The van der Waals surface area contributed by atoms with E-state index in [0.717, 1.165) is 5.39 Å². The van der Waals surface area contributed by atoms with Crippen LogP contribution < -0.4 is 15.8 Å². The Morgan fingerprint density at radius 3 is 2.53 bits per heavy atom. The molecule has 3 N–H and O–H groups in total. The normalized spacial score (nSPS) is 10.2. The van der Waals surface area contributed by atoms with E-state index in [1.54, 1.807) is 12.1 Å². The van der Waals surface area contributed by atoms with Crippen molar-refractivity contribution in [1.82, 2.24) is 5.32 Å². The topological polar surface area (TPSA) is 81.4 Å². The van der Waals surface area contributed by atoms with Crippen LogP contribution in [0.4, 0.5) is 0 Å². The van der Waals surface area contributed by atoms with Crippen LogP contribution >= 0.6 is 0 Å². The second kappa shape index (κ2) is 4.97. The first-order chi connectivity index (χ1) is 9.10. The largest absolute Gasteiger partial charge is 0.495 e. The van der Waals surface area contributed by atoms with Gasteiger partial charge in [0.15, 0.2) is 0 Å². The highest BCUT2D eigenvalue weighted by Crippen LogP contribution is 2.31. The van der Waals surface area contributed by atoms with Crippen LogP contribution in [0.25, 0.3) is 10.8 Å². The minimum absolute atomic E-state index is 0.194. The van der Waals surface area contributed by atoms with Crippen molar-refractivity contribution in [2.24, 2.45) is 5.73 Å². The van der Waals surface area contributed by atoms with Gasteiger partial charge in [0.2, 0.25) is 0 Å². The van der Waals surface area contributed by atoms with Gasteiger partial charge in [-0.2, -0.15) is 0 Å². The van der Waals surface area contributed by atoms with Crippen LogP contribution in [-0.2, 0) is 0 Å². The quantitative estimate of drug-likeness (QED) is 0.870. The van der Waals surface area contributed by atoms with E-state index in [1.807, 2.05) is 18.2 Å². The maximum absolute atomic E-state index is 12.0. The number of hydrogen-bond acceptors (Lipinski definition) is 3. The standard InChI is InChI=1S/C14H14N2O3/c1-16-14(18)11-9-6-4-3-5-8(9)7-10(13(15)17)12(11)19-2/h3-7H,1-2H3,(H2,15,17)(H,16,18). The molecule has 2 amide bonds. The number of benzene rings is 2. The Kier molecular flexibility index (Phi) is 3.37. The van der Waals surface area contributed by atoms with Crippen LogP contribution in [0.2, 0.25) is 0 Å². The monoisotopic (exact) mass is 258 g/mol. The fourth-order valence-electron chi connectivity index (χ4n) is 2.07. The Morgan fingerprint density at radius 1 is 1.26 bits per heavy atom. The van der Waals surface area contributed by atoms with Crippen LogP contribution in [0.3, 0.4) is 0 Å². The van der Waals surface area contributed by atoms with Crippen LogP contribution in [0.15, 0.2) is 30.3 Å². The lowest BCUT2D eigenvalue weighted by Crippen LogP contribution is -2.21. The van der Waals surface area contributed by atoms with Gasteiger partial charge in [-0.25, -0.2) is 0 Å². The van der Waals surface area contributed by atoms with Crippen molar-refractivity contribution in [1.29, 1.82) is 0 Å². The fraction of sp³-hybridized carbons (Fsp3) is 0.143. The molecule has 19 heavy (non-hydrogen) atoms. The van der Waals surface area contributed by atoms with Gasteiger partial charge in [0.25, 0.3) is 11.8 Å². The number of amides is 2. The Hall–Kier alpha value is -2.56. The summed E-state index contributed by atoms with van der Waals surface area (Å²) in [7, 11) is 2.93. The number of carbonyl (C=O) groups excluding carboxylic acids is 2.